The van der Waals surface area contributed by atoms with Gasteiger partial charge in [0.15, 0.2) is 0 Å². The SMILES string of the molecule is Cc1cc(NC2CCCN(C)CC2)ccc1F. The summed E-state index contributed by atoms with van der Waals surface area (Å²) in [6.45, 7) is 4.12. The van der Waals surface area contributed by atoms with Gasteiger partial charge in [0.05, 0.1) is 0 Å². The third-order valence-electron chi connectivity index (χ3n) is 3.48. The summed E-state index contributed by atoms with van der Waals surface area (Å²) in [5.41, 5.74) is 1.75. The number of anilines is 1. The lowest BCUT2D eigenvalue weighted by Gasteiger charge is -2.18. The molecule has 1 N–H and O–H groups in total. The molecule has 3 heteroatoms. The number of nitrogens with zero attached hydrogens (tertiary/aromatic N) is 1. The molecule has 1 fully saturated rings. The molecule has 17 heavy (non-hydrogen) atoms. The van der Waals surface area contributed by atoms with Gasteiger partial charge in [-0.15, -0.1) is 0 Å². The summed E-state index contributed by atoms with van der Waals surface area (Å²) < 4.78 is 13.2. The average molecular weight is 236 g/mol. The Bertz CT molecular complexity index is 378. The fourth-order valence-corrected chi connectivity index (χ4v) is 2.35. The molecule has 0 saturated carbocycles. The average Bonchev–Trinajstić information content (AvgIpc) is 2.49. The van der Waals surface area contributed by atoms with Crippen molar-refractivity contribution in [2.75, 3.05) is 25.5 Å². The second kappa shape index (κ2) is 5.50. The van der Waals surface area contributed by atoms with Crippen molar-refractivity contribution in [3.63, 3.8) is 0 Å². The van der Waals surface area contributed by atoms with E-state index in [-0.39, 0.29) is 5.82 Å². The van der Waals surface area contributed by atoms with Crippen LogP contribution in [0.15, 0.2) is 18.2 Å². The fraction of sp³-hybridized carbons (Fsp3) is 0.571. The first-order chi connectivity index (χ1) is 8.15. The van der Waals surface area contributed by atoms with Crippen molar-refractivity contribution in [2.24, 2.45) is 0 Å². The van der Waals surface area contributed by atoms with Crippen molar-refractivity contribution < 1.29 is 4.39 Å². The Labute approximate surface area is 103 Å². The fourth-order valence-electron chi connectivity index (χ4n) is 2.35. The number of rotatable bonds is 2. The minimum absolute atomic E-state index is 0.129. The third kappa shape index (κ3) is 3.43. The molecule has 1 aliphatic rings. The maximum atomic E-state index is 13.2. The molecule has 0 spiro atoms. The van der Waals surface area contributed by atoms with Crippen LogP contribution in [-0.2, 0) is 0 Å². The van der Waals surface area contributed by atoms with Crippen LogP contribution >= 0.6 is 0 Å². The highest BCUT2D eigenvalue weighted by atomic mass is 19.1. The number of hydrogen-bond donors (Lipinski definition) is 1. The van der Waals surface area contributed by atoms with Crippen LogP contribution in [0.4, 0.5) is 10.1 Å². The zero-order valence-electron chi connectivity index (χ0n) is 10.7. The van der Waals surface area contributed by atoms with E-state index in [1.807, 2.05) is 12.1 Å². The zero-order valence-corrected chi connectivity index (χ0v) is 10.7. The highest BCUT2D eigenvalue weighted by molar-refractivity contribution is 5.46. The predicted octanol–water partition coefficient (Wildman–Crippen LogP) is 3.03. The number of likely N-dealkylation sites (tertiary alicyclic amines) is 1. The van der Waals surface area contributed by atoms with Crippen molar-refractivity contribution >= 4 is 5.69 Å². The van der Waals surface area contributed by atoms with Crippen LogP contribution in [0.25, 0.3) is 0 Å². The molecular weight excluding hydrogens is 215 g/mol. The van der Waals surface area contributed by atoms with E-state index in [0.717, 1.165) is 18.7 Å². The summed E-state index contributed by atoms with van der Waals surface area (Å²) >= 11 is 0. The smallest absolute Gasteiger partial charge is 0.126 e. The van der Waals surface area contributed by atoms with Crippen LogP contribution in [0.1, 0.15) is 24.8 Å². The topological polar surface area (TPSA) is 15.3 Å². The van der Waals surface area contributed by atoms with E-state index in [0.29, 0.717) is 11.6 Å². The van der Waals surface area contributed by atoms with E-state index in [9.17, 15) is 4.39 Å². The maximum Gasteiger partial charge on any atom is 0.126 e. The quantitative estimate of drug-likeness (QED) is 0.849. The minimum Gasteiger partial charge on any atom is -0.382 e. The normalized spacial score (nSPS) is 22.2. The Morgan fingerprint density at radius 2 is 2.12 bits per heavy atom. The molecule has 1 atom stereocenters. The summed E-state index contributed by atoms with van der Waals surface area (Å²) in [5.74, 6) is -0.129. The van der Waals surface area contributed by atoms with Gasteiger partial charge in [-0.05, 0) is 70.1 Å². The standard InChI is InChI=1S/C14H21FN2/c1-11-10-13(5-6-14(11)15)16-12-4-3-8-17(2)9-7-12/h5-6,10,12,16H,3-4,7-9H2,1-2H3. The van der Waals surface area contributed by atoms with Gasteiger partial charge in [0.25, 0.3) is 0 Å². The van der Waals surface area contributed by atoms with E-state index >= 15 is 0 Å². The van der Waals surface area contributed by atoms with E-state index in [1.165, 1.54) is 19.4 Å². The van der Waals surface area contributed by atoms with Crippen LogP contribution in [0.2, 0.25) is 0 Å². The second-order valence-electron chi connectivity index (χ2n) is 5.04. The van der Waals surface area contributed by atoms with Gasteiger partial charge in [0.2, 0.25) is 0 Å². The molecule has 0 aliphatic carbocycles. The number of nitrogens with one attached hydrogen (secondary N) is 1. The molecule has 1 heterocycles. The largest absolute Gasteiger partial charge is 0.382 e. The first kappa shape index (κ1) is 12.4. The number of hydrogen-bond acceptors (Lipinski definition) is 2. The third-order valence-corrected chi connectivity index (χ3v) is 3.48. The number of halogens is 1. The first-order valence-electron chi connectivity index (χ1n) is 6.36. The van der Waals surface area contributed by atoms with E-state index in [1.54, 1.807) is 13.0 Å². The first-order valence-corrected chi connectivity index (χ1v) is 6.36. The number of benzene rings is 1. The molecule has 1 aromatic rings. The Hall–Kier alpha value is -1.09. The van der Waals surface area contributed by atoms with Gasteiger partial charge in [0.1, 0.15) is 5.82 Å². The highest BCUT2D eigenvalue weighted by Gasteiger charge is 2.14. The Morgan fingerprint density at radius 1 is 1.29 bits per heavy atom. The van der Waals surface area contributed by atoms with Gasteiger partial charge in [0, 0.05) is 11.7 Å². The highest BCUT2D eigenvalue weighted by Crippen LogP contribution is 2.18. The molecule has 1 unspecified atom stereocenters. The molecule has 0 bridgehead atoms. The lowest BCUT2D eigenvalue weighted by Crippen LogP contribution is -2.23. The van der Waals surface area contributed by atoms with Gasteiger partial charge in [-0.2, -0.15) is 0 Å². The Morgan fingerprint density at radius 3 is 2.88 bits per heavy atom. The molecule has 2 nitrogen and oxygen atoms in total. The molecule has 2 rings (SSSR count). The van der Waals surface area contributed by atoms with E-state index < -0.39 is 0 Å². The van der Waals surface area contributed by atoms with Crippen LogP contribution < -0.4 is 5.32 Å². The predicted molar refractivity (Wildman–Crippen MR) is 69.9 cm³/mol. The Kier molecular flexibility index (Phi) is 4.00. The molecule has 0 aromatic heterocycles. The lowest BCUT2D eigenvalue weighted by molar-refractivity contribution is 0.348. The molecule has 0 amide bonds. The van der Waals surface area contributed by atoms with Gasteiger partial charge < -0.3 is 10.2 Å². The summed E-state index contributed by atoms with van der Waals surface area (Å²) in [4.78, 5) is 2.37. The van der Waals surface area contributed by atoms with Gasteiger partial charge in [-0.1, -0.05) is 0 Å². The summed E-state index contributed by atoms with van der Waals surface area (Å²) in [5, 5.41) is 3.52. The zero-order chi connectivity index (χ0) is 12.3. The molecule has 0 radical (unpaired) electrons. The van der Waals surface area contributed by atoms with Crippen molar-refractivity contribution in [2.45, 2.75) is 32.2 Å². The van der Waals surface area contributed by atoms with Crippen molar-refractivity contribution in [3.8, 4) is 0 Å². The van der Waals surface area contributed by atoms with Crippen molar-refractivity contribution in [3.05, 3.63) is 29.6 Å². The van der Waals surface area contributed by atoms with Crippen LogP contribution in [0.5, 0.6) is 0 Å². The monoisotopic (exact) mass is 236 g/mol. The van der Waals surface area contributed by atoms with Crippen LogP contribution in [0, 0.1) is 12.7 Å². The van der Waals surface area contributed by atoms with Crippen molar-refractivity contribution in [1.29, 1.82) is 0 Å². The van der Waals surface area contributed by atoms with Crippen LogP contribution in [0.3, 0.4) is 0 Å². The van der Waals surface area contributed by atoms with E-state index in [2.05, 4.69) is 17.3 Å². The van der Waals surface area contributed by atoms with Gasteiger partial charge in [-0.25, -0.2) is 4.39 Å². The summed E-state index contributed by atoms with van der Waals surface area (Å²) in [6, 6.07) is 5.78. The maximum absolute atomic E-state index is 13.2. The second-order valence-corrected chi connectivity index (χ2v) is 5.04. The molecular formula is C14H21FN2. The van der Waals surface area contributed by atoms with E-state index in [4.69, 9.17) is 0 Å². The lowest BCUT2D eigenvalue weighted by atomic mass is 10.1. The van der Waals surface area contributed by atoms with Gasteiger partial charge >= 0.3 is 0 Å². The van der Waals surface area contributed by atoms with Gasteiger partial charge in [-0.3, -0.25) is 0 Å². The summed E-state index contributed by atoms with van der Waals surface area (Å²) in [7, 11) is 2.17. The summed E-state index contributed by atoms with van der Waals surface area (Å²) in [6.07, 6.45) is 3.59. The minimum atomic E-state index is -0.129. The Balaban J connectivity index is 1.97. The molecule has 1 saturated heterocycles. The number of aryl methyl sites for hydroxylation is 1. The molecule has 1 aliphatic heterocycles. The van der Waals surface area contributed by atoms with Crippen LogP contribution in [-0.4, -0.2) is 31.1 Å². The van der Waals surface area contributed by atoms with Crippen molar-refractivity contribution in [1.82, 2.24) is 4.90 Å². The molecule has 94 valence electrons. The molecule has 1 aromatic carbocycles.